The van der Waals surface area contributed by atoms with Gasteiger partial charge in [-0.3, -0.25) is 4.79 Å². The fourth-order valence-corrected chi connectivity index (χ4v) is 1.88. The Labute approximate surface area is 116 Å². The first-order chi connectivity index (χ1) is 8.95. The van der Waals surface area contributed by atoms with Crippen LogP contribution in [0.15, 0.2) is 24.3 Å². The normalized spacial score (nSPS) is 10.3. The van der Waals surface area contributed by atoms with E-state index in [4.69, 9.17) is 11.6 Å². The maximum Gasteiger partial charge on any atom is 0.274 e. The molecule has 2 aromatic rings. The molecule has 1 aromatic heterocycles. The molecule has 0 spiro atoms. The molecule has 0 aliphatic carbocycles. The van der Waals surface area contributed by atoms with Gasteiger partial charge in [-0.25, -0.2) is 9.97 Å². The van der Waals surface area contributed by atoms with Crippen LogP contribution in [0.4, 0.5) is 5.69 Å². The number of aromatic nitrogens is 2. The summed E-state index contributed by atoms with van der Waals surface area (Å²) in [5.74, 6) is 0.306. The van der Waals surface area contributed by atoms with E-state index in [1.165, 1.54) is 0 Å². The topological polar surface area (TPSA) is 54.9 Å². The zero-order valence-corrected chi connectivity index (χ0v) is 11.7. The lowest BCUT2D eigenvalue weighted by Crippen LogP contribution is -2.15. The molecule has 0 aliphatic heterocycles. The van der Waals surface area contributed by atoms with Crippen LogP contribution in [0, 0.1) is 20.8 Å². The van der Waals surface area contributed by atoms with Gasteiger partial charge in [0, 0.05) is 16.4 Å². The summed E-state index contributed by atoms with van der Waals surface area (Å²) < 4.78 is 0. The SMILES string of the molecule is Cc1cc(C(=O)Nc2ccc(C)c(Cl)c2)nc(C)n1. The van der Waals surface area contributed by atoms with Crippen molar-refractivity contribution in [2.45, 2.75) is 20.8 Å². The fraction of sp³-hybridized carbons (Fsp3) is 0.214. The Morgan fingerprint density at radius 3 is 2.53 bits per heavy atom. The smallest absolute Gasteiger partial charge is 0.274 e. The highest BCUT2D eigenvalue weighted by Gasteiger charge is 2.10. The Hall–Kier alpha value is -1.94. The molecule has 1 N–H and O–H groups in total. The number of carbonyl (C=O) groups is 1. The van der Waals surface area contributed by atoms with E-state index in [1.807, 2.05) is 19.9 Å². The number of benzene rings is 1. The number of hydrogen-bond acceptors (Lipinski definition) is 3. The van der Waals surface area contributed by atoms with Crippen molar-refractivity contribution in [2.75, 3.05) is 5.32 Å². The Morgan fingerprint density at radius 1 is 1.16 bits per heavy atom. The number of hydrogen-bond donors (Lipinski definition) is 1. The molecule has 2 rings (SSSR count). The van der Waals surface area contributed by atoms with Crippen molar-refractivity contribution in [1.29, 1.82) is 0 Å². The molecule has 19 heavy (non-hydrogen) atoms. The first-order valence-corrected chi connectivity index (χ1v) is 6.23. The van der Waals surface area contributed by atoms with Crippen LogP contribution in [0.2, 0.25) is 5.02 Å². The molecule has 1 aromatic carbocycles. The minimum Gasteiger partial charge on any atom is -0.321 e. The van der Waals surface area contributed by atoms with E-state index in [2.05, 4.69) is 15.3 Å². The van der Waals surface area contributed by atoms with Gasteiger partial charge in [0.25, 0.3) is 5.91 Å². The van der Waals surface area contributed by atoms with Crippen molar-refractivity contribution >= 4 is 23.2 Å². The summed E-state index contributed by atoms with van der Waals surface area (Å²) in [7, 11) is 0. The van der Waals surface area contributed by atoms with E-state index in [0.717, 1.165) is 11.3 Å². The third-order valence-electron chi connectivity index (χ3n) is 2.63. The van der Waals surface area contributed by atoms with Gasteiger partial charge in [0.2, 0.25) is 0 Å². The predicted molar refractivity (Wildman–Crippen MR) is 75.6 cm³/mol. The number of halogens is 1. The van der Waals surface area contributed by atoms with E-state index in [9.17, 15) is 4.79 Å². The summed E-state index contributed by atoms with van der Waals surface area (Å²) in [6, 6.07) is 7.03. The molecule has 0 unspecified atom stereocenters. The molecule has 4 nitrogen and oxygen atoms in total. The number of aryl methyl sites for hydroxylation is 3. The maximum absolute atomic E-state index is 12.1. The Balaban J connectivity index is 2.22. The van der Waals surface area contributed by atoms with Crippen LogP contribution < -0.4 is 5.32 Å². The molecule has 5 heteroatoms. The van der Waals surface area contributed by atoms with Crippen molar-refractivity contribution in [3.8, 4) is 0 Å². The van der Waals surface area contributed by atoms with Gasteiger partial charge in [-0.2, -0.15) is 0 Å². The number of nitrogens with one attached hydrogen (secondary N) is 1. The largest absolute Gasteiger partial charge is 0.321 e. The number of carbonyl (C=O) groups excluding carboxylic acids is 1. The lowest BCUT2D eigenvalue weighted by atomic mass is 10.2. The number of amides is 1. The minimum atomic E-state index is -0.270. The van der Waals surface area contributed by atoms with Gasteiger partial charge in [-0.1, -0.05) is 17.7 Å². The summed E-state index contributed by atoms with van der Waals surface area (Å²) in [6.45, 7) is 5.49. The highest BCUT2D eigenvalue weighted by atomic mass is 35.5. The molecule has 0 fully saturated rings. The first kappa shape index (κ1) is 13.5. The summed E-state index contributed by atoms with van der Waals surface area (Å²) in [4.78, 5) is 20.3. The van der Waals surface area contributed by atoms with Crippen molar-refractivity contribution in [3.05, 3.63) is 52.1 Å². The summed E-state index contributed by atoms with van der Waals surface area (Å²) in [5.41, 5.74) is 2.73. The zero-order chi connectivity index (χ0) is 14.0. The quantitative estimate of drug-likeness (QED) is 0.915. The van der Waals surface area contributed by atoms with Crippen LogP contribution in [0.3, 0.4) is 0 Å². The van der Waals surface area contributed by atoms with Gasteiger partial charge in [0.15, 0.2) is 0 Å². The molecule has 0 atom stereocenters. The van der Waals surface area contributed by atoms with Crippen LogP contribution in [-0.4, -0.2) is 15.9 Å². The highest BCUT2D eigenvalue weighted by Crippen LogP contribution is 2.20. The second-order valence-corrected chi connectivity index (χ2v) is 4.77. The molecular weight excluding hydrogens is 262 g/mol. The summed E-state index contributed by atoms with van der Waals surface area (Å²) in [6.07, 6.45) is 0. The summed E-state index contributed by atoms with van der Waals surface area (Å²) in [5, 5.41) is 3.39. The van der Waals surface area contributed by atoms with Crippen LogP contribution in [0.1, 0.15) is 27.6 Å². The lowest BCUT2D eigenvalue weighted by Gasteiger charge is -2.07. The second-order valence-electron chi connectivity index (χ2n) is 4.36. The van der Waals surface area contributed by atoms with Crippen molar-refractivity contribution in [1.82, 2.24) is 9.97 Å². The molecule has 1 heterocycles. The van der Waals surface area contributed by atoms with Crippen LogP contribution in [0.25, 0.3) is 0 Å². The van der Waals surface area contributed by atoms with Gasteiger partial charge in [-0.15, -0.1) is 0 Å². The van der Waals surface area contributed by atoms with Crippen molar-refractivity contribution in [2.24, 2.45) is 0 Å². The molecule has 0 bridgehead atoms. The third kappa shape index (κ3) is 3.29. The standard InChI is InChI=1S/C14H14ClN3O/c1-8-4-5-11(7-12(8)15)18-14(19)13-6-9(2)16-10(3)17-13/h4-7H,1-3H3,(H,18,19). The Kier molecular flexibility index (Phi) is 3.81. The molecule has 0 saturated carbocycles. The molecular formula is C14H14ClN3O. The van der Waals surface area contributed by atoms with Crippen molar-refractivity contribution in [3.63, 3.8) is 0 Å². The molecule has 0 aliphatic rings. The monoisotopic (exact) mass is 275 g/mol. The van der Waals surface area contributed by atoms with Crippen molar-refractivity contribution < 1.29 is 4.79 Å². The molecule has 1 amide bonds. The van der Waals surface area contributed by atoms with Gasteiger partial charge in [0.05, 0.1) is 0 Å². The van der Waals surface area contributed by atoms with E-state index < -0.39 is 0 Å². The van der Waals surface area contributed by atoms with Gasteiger partial charge >= 0.3 is 0 Å². The molecule has 0 radical (unpaired) electrons. The van der Waals surface area contributed by atoms with E-state index in [-0.39, 0.29) is 5.91 Å². The van der Waals surface area contributed by atoms with Gasteiger partial charge in [0.1, 0.15) is 11.5 Å². The Morgan fingerprint density at radius 2 is 1.89 bits per heavy atom. The van der Waals surface area contributed by atoms with Crippen LogP contribution >= 0.6 is 11.6 Å². The number of anilines is 1. The summed E-state index contributed by atoms with van der Waals surface area (Å²) >= 11 is 6.02. The lowest BCUT2D eigenvalue weighted by molar-refractivity contribution is 0.102. The predicted octanol–water partition coefficient (Wildman–Crippen LogP) is 3.31. The first-order valence-electron chi connectivity index (χ1n) is 5.85. The third-order valence-corrected chi connectivity index (χ3v) is 3.04. The van der Waals surface area contributed by atoms with E-state index >= 15 is 0 Å². The average molecular weight is 276 g/mol. The molecule has 98 valence electrons. The number of nitrogens with zero attached hydrogens (tertiary/aromatic N) is 2. The minimum absolute atomic E-state index is 0.270. The van der Waals surface area contributed by atoms with E-state index in [0.29, 0.717) is 22.2 Å². The van der Waals surface area contributed by atoms with Crippen LogP contribution in [0.5, 0.6) is 0 Å². The highest BCUT2D eigenvalue weighted by molar-refractivity contribution is 6.31. The van der Waals surface area contributed by atoms with Gasteiger partial charge < -0.3 is 5.32 Å². The zero-order valence-electron chi connectivity index (χ0n) is 11.0. The maximum atomic E-state index is 12.1. The van der Waals surface area contributed by atoms with Crippen LogP contribution in [-0.2, 0) is 0 Å². The average Bonchev–Trinajstić information content (AvgIpc) is 2.32. The molecule has 0 saturated heterocycles. The van der Waals surface area contributed by atoms with Gasteiger partial charge in [-0.05, 0) is 44.5 Å². The van der Waals surface area contributed by atoms with E-state index in [1.54, 1.807) is 25.1 Å². The Bertz CT molecular complexity index is 620. The fourth-order valence-electron chi connectivity index (χ4n) is 1.70. The number of rotatable bonds is 2. The second kappa shape index (κ2) is 5.36.